The maximum Gasteiger partial charge on any atom is 0.573 e. The normalized spacial score (nSPS) is 16.8. The molecule has 28 heavy (non-hydrogen) atoms. The molecule has 0 radical (unpaired) electrons. The molecular weight excluding hydrogens is 397 g/mol. The molecule has 1 aliphatic heterocycles. The van der Waals surface area contributed by atoms with Crippen LogP contribution in [-0.2, 0) is 14.8 Å². The molecule has 1 aliphatic rings. The second-order valence-electron chi connectivity index (χ2n) is 6.81. The van der Waals surface area contributed by atoms with E-state index in [0.717, 1.165) is 25.0 Å². The summed E-state index contributed by atoms with van der Waals surface area (Å²) in [6, 6.07) is 4.34. The molecule has 0 unspecified atom stereocenters. The summed E-state index contributed by atoms with van der Waals surface area (Å²) in [5.41, 5.74) is 0. The average Bonchev–Trinajstić information content (AvgIpc) is 2.64. The molecule has 0 saturated carbocycles. The van der Waals surface area contributed by atoms with Crippen molar-refractivity contribution in [3.8, 4) is 5.75 Å². The van der Waals surface area contributed by atoms with Crippen LogP contribution in [0.2, 0.25) is 0 Å². The van der Waals surface area contributed by atoms with Gasteiger partial charge < -0.3 is 9.64 Å². The zero-order valence-electron chi connectivity index (χ0n) is 15.9. The van der Waals surface area contributed by atoms with Crippen LogP contribution < -0.4 is 4.74 Å². The summed E-state index contributed by atoms with van der Waals surface area (Å²) in [5.74, 6) is -0.824. The number of amides is 1. The lowest BCUT2D eigenvalue weighted by atomic mass is 9.96. The molecule has 158 valence electrons. The van der Waals surface area contributed by atoms with Crippen LogP contribution >= 0.6 is 0 Å². The first-order valence-electron chi connectivity index (χ1n) is 9.15. The number of halogens is 3. The summed E-state index contributed by atoms with van der Waals surface area (Å²) >= 11 is 0. The SMILES string of the molecule is CCCCN(C)C(=O)C1CCN(S(=O)(=O)c2cccc(OC(F)(F)F)c2)CC1. The fourth-order valence-electron chi connectivity index (χ4n) is 3.14. The van der Waals surface area contributed by atoms with Crippen molar-refractivity contribution in [2.24, 2.45) is 5.92 Å². The number of sulfonamides is 1. The molecule has 1 fully saturated rings. The summed E-state index contributed by atoms with van der Waals surface area (Å²) in [4.78, 5) is 13.9. The summed E-state index contributed by atoms with van der Waals surface area (Å²) < 4.78 is 67.6. The monoisotopic (exact) mass is 422 g/mol. The van der Waals surface area contributed by atoms with Crippen LogP contribution in [0, 0.1) is 5.92 Å². The van der Waals surface area contributed by atoms with Crippen LogP contribution in [0.1, 0.15) is 32.6 Å². The Hall–Kier alpha value is -1.81. The van der Waals surface area contributed by atoms with Gasteiger partial charge in [0.2, 0.25) is 15.9 Å². The third-order valence-electron chi connectivity index (χ3n) is 4.70. The smallest absolute Gasteiger partial charge is 0.406 e. The summed E-state index contributed by atoms with van der Waals surface area (Å²) in [7, 11) is -2.22. The molecule has 1 aromatic rings. The van der Waals surface area contributed by atoms with Crippen LogP contribution in [-0.4, -0.2) is 56.6 Å². The van der Waals surface area contributed by atoms with Crippen molar-refractivity contribution < 1.29 is 31.1 Å². The number of hydrogen-bond acceptors (Lipinski definition) is 4. The Morgan fingerprint density at radius 1 is 1.29 bits per heavy atom. The molecule has 0 atom stereocenters. The highest BCUT2D eigenvalue weighted by atomic mass is 32.2. The summed E-state index contributed by atoms with van der Waals surface area (Å²) in [6.45, 7) is 2.99. The van der Waals surface area contributed by atoms with Crippen molar-refractivity contribution in [3.05, 3.63) is 24.3 Å². The highest BCUT2D eigenvalue weighted by Gasteiger charge is 2.34. The van der Waals surface area contributed by atoms with Crippen LogP contribution in [0.25, 0.3) is 0 Å². The minimum atomic E-state index is -4.90. The zero-order chi connectivity index (χ0) is 20.9. The van der Waals surface area contributed by atoms with E-state index in [4.69, 9.17) is 0 Å². The van der Waals surface area contributed by atoms with Gasteiger partial charge in [0.05, 0.1) is 4.90 Å². The third-order valence-corrected chi connectivity index (χ3v) is 6.60. The Morgan fingerprint density at radius 3 is 2.50 bits per heavy atom. The van der Waals surface area contributed by atoms with E-state index in [2.05, 4.69) is 4.74 Å². The van der Waals surface area contributed by atoms with E-state index < -0.39 is 22.1 Å². The van der Waals surface area contributed by atoms with Gasteiger partial charge >= 0.3 is 6.36 Å². The number of carbonyl (C=O) groups is 1. The Morgan fingerprint density at radius 2 is 1.93 bits per heavy atom. The first kappa shape index (κ1) is 22.5. The van der Waals surface area contributed by atoms with E-state index in [1.54, 1.807) is 11.9 Å². The summed E-state index contributed by atoms with van der Waals surface area (Å²) in [5, 5.41) is 0. The Kier molecular flexibility index (Phi) is 7.33. The lowest BCUT2D eigenvalue weighted by Crippen LogP contribution is -2.43. The van der Waals surface area contributed by atoms with E-state index in [9.17, 15) is 26.4 Å². The van der Waals surface area contributed by atoms with Crippen LogP contribution in [0.4, 0.5) is 13.2 Å². The van der Waals surface area contributed by atoms with Gasteiger partial charge in [0.25, 0.3) is 0 Å². The predicted molar refractivity (Wildman–Crippen MR) is 97.2 cm³/mol. The minimum absolute atomic E-state index is 0.00562. The number of alkyl halides is 3. The lowest BCUT2D eigenvalue weighted by molar-refractivity contribution is -0.274. The van der Waals surface area contributed by atoms with Crippen LogP contribution in [0.15, 0.2) is 29.2 Å². The van der Waals surface area contributed by atoms with Gasteiger partial charge in [-0.25, -0.2) is 8.42 Å². The molecule has 0 N–H and O–H groups in total. The number of nitrogens with zero attached hydrogens (tertiary/aromatic N) is 2. The number of carbonyl (C=O) groups excluding carboxylic acids is 1. The molecule has 0 bridgehead atoms. The van der Waals surface area contributed by atoms with Gasteiger partial charge in [0.1, 0.15) is 5.75 Å². The highest BCUT2D eigenvalue weighted by molar-refractivity contribution is 7.89. The van der Waals surface area contributed by atoms with Gasteiger partial charge in [-0.15, -0.1) is 13.2 Å². The molecule has 0 aliphatic carbocycles. The third kappa shape index (κ3) is 5.84. The van der Waals surface area contributed by atoms with Crippen molar-refractivity contribution in [1.82, 2.24) is 9.21 Å². The summed E-state index contributed by atoms with van der Waals surface area (Å²) in [6.07, 6.45) is -2.25. The first-order valence-corrected chi connectivity index (χ1v) is 10.6. The zero-order valence-corrected chi connectivity index (χ0v) is 16.7. The van der Waals surface area contributed by atoms with Crippen molar-refractivity contribution in [2.45, 2.75) is 43.9 Å². The number of ether oxygens (including phenoxy) is 1. The van der Waals surface area contributed by atoms with Gasteiger partial charge in [-0.05, 0) is 31.4 Å². The van der Waals surface area contributed by atoms with Gasteiger partial charge in [-0.3, -0.25) is 4.79 Å². The number of piperidine rings is 1. The molecular formula is C18H25F3N2O4S. The molecule has 0 aromatic heterocycles. The van der Waals surface area contributed by atoms with Crippen molar-refractivity contribution >= 4 is 15.9 Å². The van der Waals surface area contributed by atoms with Crippen molar-refractivity contribution in [1.29, 1.82) is 0 Å². The van der Waals surface area contributed by atoms with E-state index in [0.29, 0.717) is 19.4 Å². The molecule has 6 nitrogen and oxygen atoms in total. The fraction of sp³-hybridized carbons (Fsp3) is 0.611. The van der Waals surface area contributed by atoms with Gasteiger partial charge in [0.15, 0.2) is 0 Å². The lowest BCUT2D eigenvalue weighted by Gasteiger charge is -2.32. The number of rotatable bonds is 7. The second-order valence-corrected chi connectivity index (χ2v) is 8.75. The van der Waals surface area contributed by atoms with Crippen LogP contribution in [0.3, 0.4) is 0 Å². The second kappa shape index (κ2) is 9.13. The van der Waals surface area contributed by atoms with Crippen molar-refractivity contribution in [2.75, 3.05) is 26.7 Å². The van der Waals surface area contributed by atoms with E-state index in [-0.39, 0.29) is 29.8 Å². The van der Waals surface area contributed by atoms with Gasteiger partial charge in [0, 0.05) is 38.7 Å². The number of unbranched alkanes of at least 4 members (excludes halogenated alkanes) is 1. The molecule has 0 spiro atoms. The maximum absolute atomic E-state index is 12.8. The standard InChI is InChI=1S/C18H25F3N2O4S/c1-3-4-10-22(2)17(24)14-8-11-23(12-9-14)28(25,26)16-7-5-6-15(13-16)27-18(19,20)21/h5-7,13-14H,3-4,8-12H2,1-2H3. The van der Waals surface area contributed by atoms with Crippen LogP contribution in [0.5, 0.6) is 5.75 Å². The first-order chi connectivity index (χ1) is 13.0. The Balaban J connectivity index is 2.03. The van der Waals surface area contributed by atoms with E-state index >= 15 is 0 Å². The maximum atomic E-state index is 12.8. The molecule has 1 amide bonds. The molecule has 1 aromatic carbocycles. The molecule has 1 heterocycles. The minimum Gasteiger partial charge on any atom is -0.406 e. The quantitative estimate of drug-likeness (QED) is 0.677. The fourth-order valence-corrected chi connectivity index (χ4v) is 4.65. The molecule has 10 heteroatoms. The van der Waals surface area contributed by atoms with E-state index in [1.165, 1.54) is 16.4 Å². The number of benzene rings is 1. The topological polar surface area (TPSA) is 66.9 Å². The van der Waals surface area contributed by atoms with Gasteiger partial charge in [-0.1, -0.05) is 19.4 Å². The van der Waals surface area contributed by atoms with Crippen molar-refractivity contribution in [3.63, 3.8) is 0 Å². The predicted octanol–water partition coefficient (Wildman–Crippen LogP) is 3.24. The Labute approximate surface area is 163 Å². The average molecular weight is 422 g/mol. The Bertz CT molecular complexity index is 775. The number of hydrogen-bond donors (Lipinski definition) is 0. The molecule has 2 rings (SSSR count). The molecule has 1 saturated heterocycles. The largest absolute Gasteiger partial charge is 0.573 e. The van der Waals surface area contributed by atoms with E-state index in [1.807, 2.05) is 6.92 Å². The highest BCUT2D eigenvalue weighted by Crippen LogP contribution is 2.29. The van der Waals surface area contributed by atoms with Gasteiger partial charge in [-0.2, -0.15) is 4.31 Å².